The molecule has 1 N–H and O–H groups in total. The minimum Gasteiger partial charge on any atom is -0.465 e. The lowest BCUT2D eigenvalue weighted by Crippen LogP contribution is -2.48. The van der Waals surface area contributed by atoms with Crippen molar-refractivity contribution in [1.82, 2.24) is 5.01 Å². The van der Waals surface area contributed by atoms with Gasteiger partial charge in [-0.05, 0) is 61.0 Å². The second-order valence-corrected chi connectivity index (χ2v) is 10.1. The summed E-state index contributed by atoms with van der Waals surface area (Å²) in [5.74, 6) is -1.47. The van der Waals surface area contributed by atoms with E-state index in [1.54, 1.807) is 6.92 Å². The number of hydrazone groups is 1. The van der Waals surface area contributed by atoms with E-state index in [0.717, 1.165) is 42.5 Å². The van der Waals surface area contributed by atoms with E-state index in [1.807, 2.05) is 0 Å². The highest BCUT2D eigenvalue weighted by Gasteiger charge is 2.53. The highest BCUT2D eigenvalue weighted by Crippen LogP contribution is 2.40. The van der Waals surface area contributed by atoms with E-state index < -0.39 is 52.3 Å². The Morgan fingerprint density at radius 3 is 2.14 bits per heavy atom. The van der Waals surface area contributed by atoms with E-state index in [0.29, 0.717) is 10.6 Å². The van der Waals surface area contributed by atoms with Crippen molar-refractivity contribution in [1.29, 1.82) is 0 Å². The van der Waals surface area contributed by atoms with Crippen LogP contribution in [0.5, 0.6) is 0 Å². The van der Waals surface area contributed by atoms with E-state index in [1.165, 1.54) is 29.3 Å². The molecule has 42 heavy (non-hydrogen) atoms. The predicted octanol–water partition coefficient (Wildman–Crippen LogP) is 7.19. The van der Waals surface area contributed by atoms with Gasteiger partial charge in [0.1, 0.15) is 6.54 Å². The number of nitrogens with zero attached hydrogens (tertiary/aromatic N) is 2. The van der Waals surface area contributed by atoms with Crippen LogP contribution in [0, 0.1) is 0 Å². The summed E-state index contributed by atoms with van der Waals surface area (Å²) in [6, 6.07) is 12.8. The Labute approximate surface area is 245 Å². The van der Waals surface area contributed by atoms with Gasteiger partial charge in [-0.2, -0.15) is 31.4 Å². The van der Waals surface area contributed by atoms with E-state index in [4.69, 9.17) is 27.9 Å². The van der Waals surface area contributed by atoms with Crippen molar-refractivity contribution in [3.05, 3.63) is 99.0 Å². The summed E-state index contributed by atoms with van der Waals surface area (Å²) in [5, 5.41) is 7.84. The van der Waals surface area contributed by atoms with Crippen LogP contribution < -0.4 is 5.32 Å². The number of amides is 1. The number of rotatable bonds is 7. The topological polar surface area (TPSA) is 71.0 Å². The maximum atomic E-state index is 13.6. The summed E-state index contributed by atoms with van der Waals surface area (Å²) in [6.07, 6.45) is -9.29. The van der Waals surface area contributed by atoms with Gasteiger partial charge in [-0.25, -0.2) is 0 Å². The molecule has 4 rings (SSSR count). The number of hydrogen-bond acceptors (Lipinski definition) is 5. The third kappa shape index (κ3) is 6.49. The first-order valence-electron chi connectivity index (χ1n) is 12.3. The summed E-state index contributed by atoms with van der Waals surface area (Å²) in [5.41, 5.74) is -3.23. The van der Waals surface area contributed by atoms with Crippen LogP contribution in [-0.4, -0.2) is 42.3 Å². The van der Waals surface area contributed by atoms with Gasteiger partial charge in [0.25, 0.3) is 0 Å². The monoisotopic (exact) mass is 631 g/mol. The number of esters is 1. The molecule has 1 atom stereocenters. The number of benzene rings is 3. The molecule has 0 radical (unpaired) electrons. The van der Waals surface area contributed by atoms with Crippen molar-refractivity contribution >= 4 is 46.5 Å². The summed E-state index contributed by atoms with van der Waals surface area (Å²) in [7, 11) is 0. The van der Waals surface area contributed by atoms with Gasteiger partial charge in [0.15, 0.2) is 5.41 Å². The molecule has 0 saturated carbocycles. The lowest BCUT2D eigenvalue weighted by Gasteiger charge is -2.29. The van der Waals surface area contributed by atoms with Crippen molar-refractivity contribution in [2.75, 3.05) is 25.0 Å². The van der Waals surface area contributed by atoms with E-state index in [9.17, 15) is 35.9 Å². The van der Waals surface area contributed by atoms with Gasteiger partial charge in [0.05, 0.1) is 35.0 Å². The first-order valence-corrected chi connectivity index (χ1v) is 13.0. The van der Waals surface area contributed by atoms with Gasteiger partial charge in [-0.15, -0.1) is 0 Å². The summed E-state index contributed by atoms with van der Waals surface area (Å²) in [4.78, 5) is 26.5. The molecule has 14 heteroatoms. The van der Waals surface area contributed by atoms with Crippen LogP contribution in [-0.2, 0) is 32.1 Å². The van der Waals surface area contributed by atoms with Crippen LogP contribution in [0.3, 0.4) is 0 Å². The average molecular weight is 632 g/mol. The van der Waals surface area contributed by atoms with E-state index >= 15 is 0 Å². The number of carbonyl (C=O) groups is 2. The Bertz CT molecular complexity index is 1510. The van der Waals surface area contributed by atoms with Gasteiger partial charge in [-0.3, -0.25) is 14.6 Å². The van der Waals surface area contributed by atoms with Crippen molar-refractivity contribution < 1.29 is 40.7 Å². The van der Waals surface area contributed by atoms with Crippen molar-refractivity contribution in [2.45, 2.75) is 24.7 Å². The minimum atomic E-state index is -4.73. The molecule has 0 spiro atoms. The average Bonchev–Trinajstić information content (AvgIpc) is 3.28. The Kier molecular flexibility index (Phi) is 8.79. The maximum Gasteiger partial charge on any atom is 0.417 e. The summed E-state index contributed by atoms with van der Waals surface area (Å²) >= 11 is 12.0. The lowest BCUT2D eigenvalue weighted by atomic mass is 9.74. The number of carbonyl (C=O) groups excluding carboxylic acids is 2. The van der Waals surface area contributed by atoms with Crippen molar-refractivity contribution in [3.63, 3.8) is 0 Å². The molecule has 0 aliphatic carbocycles. The molecule has 1 heterocycles. The molecule has 1 aliphatic rings. The summed E-state index contributed by atoms with van der Waals surface area (Å²) in [6.45, 7) is 0.808. The van der Waals surface area contributed by atoms with Crippen LogP contribution >= 0.6 is 23.2 Å². The maximum absolute atomic E-state index is 13.6. The zero-order valence-electron chi connectivity index (χ0n) is 21.6. The highest BCUT2D eigenvalue weighted by molar-refractivity contribution is 6.32. The standard InChI is InChI=1S/C28H21Cl2F6N3O3/c1-2-42-25(41)26(17-4-8-19(29)9-5-17)15-39(14-23(40)37-20-10-6-18(7-11-20)27(31,32)33)38-24(26)16-3-12-21(22(30)13-16)28(34,35)36/h3-13H,2,14-15H2,1H3,(H,37,40). The van der Waals surface area contributed by atoms with E-state index in [2.05, 4.69) is 10.4 Å². The predicted molar refractivity (Wildman–Crippen MR) is 144 cm³/mol. The minimum absolute atomic E-state index is 0.0266. The number of alkyl halides is 6. The Morgan fingerprint density at radius 2 is 1.60 bits per heavy atom. The molecule has 222 valence electrons. The van der Waals surface area contributed by atoms with E-state index in [-0.39, 0.29) is 30.1 Å². The molecule has 0 saturated heterocycles. The van der Waals surface area contributed by atoms with Gasteiger partial charge >= 0.3 is 18.3 Å². The first-order chi connectivity index (χ1) is 19.6. The number of nitrogens with one attached hydrogen (secondary N) is 1. The van der Waals surface area contributed by atoms with Gasteiger partial charge in [0, 0.05) is 16.3 Å². The molecule has 6 nitrogen and oxygen atoms in total. The highest BCUT2D eigenvalue weighted by atomic mass is 35.5. The molecule has 3 aromatic carbocycles. The number of anilines is 1. The van der Waals surface area contributed by atoms with Crippen LogP contribution in [0.25, 0.3) is 0 Å². The Morgan fingerprint density at radius 1 is 0.952 bits per heavy atom. The fourth-order valence-corrected chi connectivity index (χ4v) is 4.92. The third-order valence-corrected chi connectivity index (χ3v) is 6.96. The van der Waals surface area contributed by atoms with Gasteiger partial charge < -0.3 is 10.1 Å². The zero-order valence-corrected chi connectivity index (χ0v) is 23.1. The third-order valence-electron chi connectivity index (χ3n) is 6.40. The fraction of sp³-hybridized carbons (Fsp3) is 0.250. The molecule has 1 unspecified atom stereocenters. The zero-order chi connectivity index (χ0) is 30.9. The lowest BCUT2D eigenvalue weighted by molar-refractivity contribution is -0.147. The largest absolute Gasteiger partial charge is 0.465 e. The normalized spacial score (nSPS) is 17.2. The number of hydrogen-bond donors (Lipinski definition) is 1. The van der Waals surface area contributed by atoms with Crippen molar-refractivity contribution in [2.24, 2.45) is 5.10 Å². The molecular weight excluding hydrogens is 611 g/mol. The molecule has 1 aliphatic heterocycles. The first kappa shape index (κ1) is 31.2. The smallest absolute Gasteiger partial charge is 0.417 e. The SMILES string of the molecule is CCOC(=O)C1(c2ccc(Cl)cc2)CN(CC(=O)Nc2ccc(C(F)(F)F)cc2)N=C1c1ccc(C(F)(F)F)c(Cl)c1. The molecule has 0 bridgehead atoms. The number of ether oxygens (including phenoxy) is 1. The van der Waals surface area contributed by atoms with Crippen LogP contribution in [0.4, 0.5) is 32.0 Å². The quantitative estimate of drug-likeness (QED) is 0.221. The van der Waals surface area contributed by atoms with Crippen molar-refractivity contribution in [3.8, 4) is 0 Å². The Balaban J connectivity index is 1.73. The second-order valence-electron chi connectivity index (χ2n) is 9.22. The van der Waals surface area contributed by atoms with Crippen LogP contribution in [0.1, 0.15) is 29.2 Å². The van der Waals surface area contributed by atoms with Crippen LogP contribution in [0.15, 0.2) is 71.8 Å². The Hall–Kier alpha value is -3.77. The van der Waals surface area contributed by atoms with Crippen LogP contribution in [0.2, 0.25) is 10.0 Å². The molecule has 1 amide bonds. The summed E-state index contributed by atoms with van der Waals surface area (Å²) < 4.78 is 84.2. The molecule has 0 fully saturated rings. The molecule has 0 aromatic heterocycles. The molecular formula is C28H21Cl2F6N3O3. The fourth-order valence-electron chi connectivity index (χ4n) is 4.50. The van der Waals surface area contributed by atoms with Gasteiger partial charge in [0.2, 0.25) is 5.91 Å². The number of halogens is 8. The molecule has 3 aromatic rings. The van der Waals surface area contributed by atoms with Gasteiger partial charge in [-0.1, -0.05) is 41.4 Å². The second kappa shape index (κ2) is 11.8.